The summed E-state index contributed by atoms with van der Waals surface area (Å²) in [7, 11) is 1.43. The van der Waals surface area contributed by atoms with Crippen molar-refractivity contribution >= 4 is 50.7 Å². The van der Waals surface area contributed by atoms with Gasteiger partial charge in [-0.3, -0.25) is 19.2 Å². The summed E-state index contributed by atoms with van der Waals surface area (Å²) in [6, 6.07) is 10.1. The number of aryl methyl sites for hydroxylation is 2. The van der Waals surface area contributed by atoms with E-state index in [1.807, 2.05) is 0 Å². The SMILES string of the molecule is COc1ccccc1C1(N2C[C@H](O)C[C@H]2C(=O)N(C)C)C(=O)N(S(=O)(=O)c2c(C)nn(C)c2Cl)c2ccc(Cl)cc21. The zero-order chi connectivity index (χ0) is 30.0. The van der Waals surface area contributed by atoms with Gasteiger partial charge in [0.15, 0.2) is 5.54 Å². The summed E-state index contributed by atoms with van der Waals surface area (Å²) >= 11 is 12.9. The number of fused-ring (bicyclic) bond motifs is 1. The number of hydrogen-bond acceptors (Lipinski definition) is 8. The van der Waals surface area contributed by atoms with Crippen LogP contribution in [0.3, 0.4) is 0 Å². The zero-order valence-electron chi connectivity index (χ0n) is 23.0. The Kier molecular flexibility index (Phi) is 7.36. The third-order valence-electron chi connectivity index (χ3n) is 7.59. The number of likely N-dealkylation sites (N-methyl/N-ethyl adjacent to an activating group) is 1. The summed E-state index contributed by atoms with van der Waals surface area (Å²) in [5.41, 5.74) is -1.30. The number of carbonyl (C=O) groups is 2. The smallest absolute Gasteiger partial charge is 0.275 e. The van der Waals surface area contributed by atoms with Gasteiger partial charge in [0.05, 0.1) is 30.6 Å². The molecular formula is C27H29Cl2N5O6S. The standard InChI is InChI=1S/C27H29Cl2N5O6S/c1-15-23(24(29)32(4)30-15)41(38,39)34-20-11-10-16(28)12-19(20)27(26(34)37,18-8-6-7-9-22(18)40-5)33-14-17(35)13-21(33)25(36)31(2)3/h6-12,17,21,35H,13-14H2,1-5H3/t17-,21+,27?/m1/s1. The van der Waals surface area contributed by atoms with Crippen molar-refractivity contribution in [1.29, 1.82) is 0 Å². The average molecular weight is 623 g/mol. The van der Waals surface area contributed by atoms with E-state index in [0.29, 0.717) is 4.31 Å². The molecule has 14 heteroatoms. The van der Waals surface area contributed by atoms with Crippen LogP contribution < -0.4 is 9.04 Å². The molecule has 1 saturated heterocycles. The van der Waals surface area contributed by atoms with Crippen molar-refractivity contribution < 1.29 is 27.9 Å². The quantitative estimate of drug-likeness (QED) is 0.445. The summed E-state index contributed by atoms with van der Waals surface area (Å²) in [4.78, 5) is 31.2. The number of likely N-dealkylation sites (tertiary alicyclic amines) is 1. The molecule has 1 N–H and O–H groups in total. The molecule has 2 aliphatic rings. The second kappa shape index (κ2) is 10.3. The predicted molar refractivity (Wildman–Crippen MR) is 153 cm³/mol. The molecule has 3 heterocycles. The van der Waals surface area contributed by atoms with Gasteiger partial charge < -0.3 is 14.7 Å². The Bertz CT molecular complexity index is 1680. The Morgan fingerprint density at radius 3 is 2.46 bits per heavy atom. The first kappa shape index (κ1) is 29.3. The molecule has 1 fully saturated rings. The van der Waals surface area contributed by atoms with Gasteiger partial charge in [-0.25, -0.2) is 12.7 Å². The van der Waals surface area contributed by atoms with Crippen LogP contribution in [0, 0.1) is 6.92 Å². The first-order valence-corrected chi connectivity index (χ1v) is 14.9. The average Bonchev–Trinajstić information content (AvgIpc) is 3.51. The molecule has 2 amide bonds. The fraction of sp³-hybridized carbons (Fsp3) is 0.370. The van der Waals surface area contributed by atoms with Crippen molar-refractivity contribution in [3.63, 3.8) is 0 Å². The van der Waals surface area contributed by atoms with Crippen LogP contribution in [0.2, 0.25) is 10.2 Å². The van der Waals surface area contributed by atoms with E-state index in [9.17, 15) is 18.3 Å². The molecule has 0 radical (unpaired) electrons. The minimum atomic E-state index is -4.65. The number of rotatable bonds is 6. The molecule has 3 atom stereocenters. The Balaban J connectivity index is 1.89. The van der Waals surface area contributed by atoms with E-state index in [2.05, 4.69) is 5.10 Å². The molecule has 218 valence electrons. The number of anilines is 1. The summed E-state index contributed by atoms with van der Waals surface area (Å²) < 4.78 is 36.4. The number of aromatic nitrogens is 2. The molecule has 5 rings (SSSR count). The highest BCUT2D eigenvalue weighted by Crippen LogP contribution is 2.55. The molecule has 0 saturated carbocycles. The second-order valence-electron chi connectivity index (χ2n) is 10.3. The number of methoxy groups -OCH3 is 1. The molecule has 3 aromatic rings. The van der Waals surface area contributed by atoms with Gasteiger partial charge >= 0.3 is 0 Å². The second-order valence-corrected chi connectivity index (χ2v) is 12.8. The van der Waals surface area contributed by atoms with Crippen molar-refractivity contribution in [2.24, 2.45) is 7.05 Å². The molecule has 0 spiro atoms. The third kappa shape index (κ3) is 4.23. The number of nitrogens with zero attached hydrogens (tertiary/aromatic N) is 5. The number of ether oxygens (including phenoxy) is 1. The molecule has 0 bridgehead atoms. The van der Waals surface area contributed by atoms with Gasteiger partial charge in [-0.2, -0.15) is 5.10 Å². The van der Waals surface area contributed by atoms with Gasteiger partial charge in [-0.15, -0.1) is 0 Å². The minimum absolute atomic E-state index is 0.0252. The highest BCUT2D eigenvalue weighted by molar-refractivity contribution is 7.93. The Morgan fingerprint density at radius 1 is 1.17 bits per heavy atom. The Morgan fingerprint density at radius 2 is 1.85 bits per heavy atom. The normalized spacial score (nSPS) is 22.7. The lowest BCUT2D eigenvalue weighted by Crippen LogP contribution is -2.59. The monoisotopic (exact) mass is 621 g/mol. The van der Waals surface area contributed by atoms with E-state index >= 15 is 4.79 Å². The van der Waals surface area contributed by atoms with E-state index in [-0.39, 0.29) is 62.2 Å². The topological polar surface area (TPSA) is 125 Å². The molecule has 1 aromatic heterocycles. The number of carbonyl (C=O) groups excluding carboxylic acids is 2. The summed E-state index contributed by atoms with van der Waals surface area (Å²) in [5, 5.41) is 15.1. The number of benzene rings is 2. The number of halogens is 2. The van der Waals surface area contributed by atoms with Crippen LogP contribution in [0.1, 0.15) is 23.2 Å². The van der Waals surface area contributed by atoms with Crippen molar-refractivity contribution in [3.05, 3.63) is 69.5 Å². The zero-order valence-corrected chi connectivity index (χ0v) is 25.3. The molecular weight excluding hydrogens is 593 g/mol. The van der Waals surface area contributed by atoms with Crippen LogP contribution >= 0.6 is 23.2 Å². The molecule has 41 heavy (non-hydrogen) atoms. The van der Waals surface area contributed by atoms with Crippen LogP contribution in [-0.4, -0.2) is 84.8 Å². The number of sulfonamides is 1. The van der Waals surface area contributed by atoms with Gasteiger partial charge in [0.2, 0.25) is 5.91 Å². The third-order valence-corrected chi connectivity index (χ3v) is 10.2. The molecule has 1 unspecified atom stereocenters. The van der Waals surface area contributed by atoms with E-state index in [1.54, 1.807) is 43.3 Å². The summed E-state index contributed by atoms with van der Waals surface area (Å²) in [6.45, 7) is 1.37. The lowest BCUT2D eigenvalue weighted by Gasteiger charge is -2.42. The highest BCUT2D eigenvalue weighted by Gasteiger charge is 2.64. The maximum absolute atomic E-state index is 15.1. The van der Waals surface area contributed by atoms with Gasteiger partial charge in [-0.05, 0) is 37.6 Å². The van der Waals surface area contributed by atoms with Gasteiger partial charge in [0.1, 0.15) is 15.8 Å². The van der Waals surface area contributed by atoms with Crippen LogP contribution in [0.4, 0.5) is 5.69 Å². The molecule has 0 aliphatic carbocycles. The maximum Gasteiger partial charge on any atom is 0.275 e. The Labute approximate surface area is 247 Å². The van der Waals surface area contributed by atoms with Crippen LogP contribution in [-0.2, 0) is 32.2 Å². The number of amides is 2. The van der Waals surface area contributed by atoms with Gasteiger partial charge in [0.25, 0.3) is 15.9 Å². The van der Waals surface area contributed by atoms with Gasteiger partial charge in [-0.1, -0.05) is 41.4 Å². The number of β-amino-alcohol motifs (C(OH)–C–C–N with tert-alkyl or cyclic N) is 1. The predicted octanol–water partition coefficient (Wildman–Crippen LogP) is 2.55. The lowest BCUT2D eigenvalue weighted by atomic mass is 9.80. The molecule has 11 nitrogen and oxygen atoms in total. The van der Waals surface area contributed by atoms with Crippen LogP contribution in [0.5, 0.6) is 5.75 Å². The van der Waals surface area contributed by atoms with E-state index in [4.69, 9.17) is 27.9 Å². The summed E-state index contributed by atoms with van der Waals surface area (Å²) in [5.74, 6) is -0.983. The first-order chi connectivity index (χ1) is 19.3. The molecule has 2 aliphatic heterocycles. The first-order valence-electron chi connectivity index (χ1n) is 12.7. The number of aliphatic hydroxyl groups is 1. The van der Waals surface area contributed by atoms with Crippen molar-refractivity contribution in [1.82, 2.24) is 19.6 Å². The number of aliphatic hydroxyl groups excluding tert-OH is 1. The maximum atomic E-state index is 15.1. The minimum Gasteiger partial charge on any atom is -0.496 e. The van der Waals surface area contributed by atoms with E-state index < -0.39 is 33.6 Å². The molecule has 2 aromatic carbocycles. The Hall–Kier alpha value is -3.16. The van der Waals surface area contributed by atoms with Crippen molar-refractivity contribution in [3.8, 4) is 5.75 Å². The highest BCUT2D eigenvalue weighted by atomic mass is 35.5. The summed E-state index contributed by atoms with van der Waals surface area (Å²) in [6.07, 6.45) is -0.955. The number of para-hydroxylation sites is 1. The van der Waals surface area contributed by atoms with E-state index in [1.165, 1.54) is 48.9 Å². The fourth-order valence-corrected chi connectivity index (χ4v) is 8.28. The van der Waals surface area contributed by atoms with Crippen molar-refractivity contribution in [2.45, 2.75) is 35.9 Å². The van der Waals surface area contributed by atoms with Gasteiger partial charge in [0, 0.05) is 43.8 Å². The number of hydrogen-bond donors (Lipinski definition) is 1. The van der Waals surface area contributed by atoms with Crippen molar-refractivity contribution in [2.75, 3.05) is 32.1 Å². The largest absolute Gasteiger partial charge is 0.496 e. The fourth-order valence-electron chi connectivity index (χ4n) is 5.93. The van der Waals surface area contributed by atoms with Crippen LogP contribution in [0.15, 0.2) is 47.4 Å². The van der Waals surface area contributed by atoms with E-state index in [0.717, 1.165) is 0 Å². The lowest BCUT2D eigenvalue weighted by molar-refractivity contribution is -0.138. The van der Waals surface area contributed by atoms with Crippen LogP contribution in [0.25, 0.3) is 0 Å².